The summed E-state index contributed by atoms with van der Waals surface area (Å²) in [5.74, 6) is -2.47. The van der Waals surface area contributed by atoms with Crippen LogP contribution in [0.3, 0.4) is 0 Å². The van der Waals surface area contributed by atoms with Gasteiger partial charge in [0.1, 0.15) is 0 Å². The largest absolute Gasteiger partial charge is 0.307 e. The number of hydrogen-bond acceptors (Lipinski definition) is 2. The molecule has 1 N–H and O–H groups in total. The van der Waals surface area contributed by atoms with Gasteiger partial charge in [-0.05, 0) is 25.9 Å². The maximum absolute atomic E-state index is 12.9. The van der Waals surface area contributed by atoms with E-state index in [0.717, 1.165) is 19.6 Å². The smallest absolute Gasteiger partial charge is 0.261 e. The molecule has 2 aliphatic heterocycles. The highest BCUT2D eigenvalue weighted by Gasteiger charge is 2.39. The summed E-state index contributed by atoms with van der Waals surface area (Å²) in [7, 11) is 0. The molecule has 0 spiro atoms. The quantitative estimate of drug-likeness (QED) is 0.732. The number of hydrogen-bond donors (Lipinski definition) is 1. The van der Waals surface area contributed by atoms with Crippen molar-refractivity contribution in [3.63, 3.8) is 0 Å². The van der Waals surface area contributed by atoms with Crippen LogP contribution >= 0.6 is 0 Å². The van der Waals surface area contributed by atoms with Gasteiger partial charge in [-0.3, -0.25) is 0 Å². The zero-order valence-corrected chi connectivity index (χ0v) is 8.44. The summed E-state index contributed by atoms with van der Waals surface area (Å²) in [5, 5.41) is 2.90. The van der Waals surface area contributed by atoms with E-state index in [1.807, 2.05) is 0 Å². The Labute approximate surface area is 83.7 Å². The average molecular weight is 204 g/mol. The fourth-order valence-corrected chi connectivity index (χ4v) is 2.38. The van der Waals surface area contributed by atoms with Crippen molar-refractivity contribution in [1.29, 1.82) is 0 Å². The van der Waals surface area contributed by atoms with Crippen LogP contribution in [-0.4, -0.2) is 43.0 Å². The Morgan fingerprint density at radius 2 is 1.93 bits per heavy atom. The van der Waals surface area contributed by atoms with E-state index in [2.05, 4.69) is 10.2 Å². The SMILES string of the molecule is FC1(F)CN[C@H](CN2CCCCC2)C1. The van der Waals surface area contributed by atoms with Crippen molar-refractivity contribution in [3.8, 4) is 0 Å². The first-order chi connectivity index (χ1) is 6.66. The molecule has 0 radical (unpaired) electrons. The van der Waals surface area contributed by atoms with Crippen molar-refractivity contribution >= 4 is 0 Å². The molecule has 0 saturated carbocycles. The molecule has 1 atom stereocenters. The summed E-state index contributed by atoms with van der Waals surface area (Å²) in [6.07, 6.45) is 3.76. The van der Waals surface area contributed by atoms with Crippen molar-refractivity contribution in [2.75, 3.05) is 26.2 Å². The van der Waals surface area contributed by atoms with Crippen LogP contribution in [0, 0.1) is 0 Å². The summed E-state index contributed by atoms with van der Waals surface area (Å²) >= 11 is 0. The number of nitrogens with one attached hydrogen (secondary N) is 1. The molecule has 2 fully saturated rings. The van der Waals surface area contributed by atoms with E-state index in [1.54, 1.807) is 0 Å². The fraction of sp³-hybridized carbons (Fsp3) is 1.00. The zero-order valence-electron chi connectivity index (χ0n) is 8.44. The molecule has 14 heavy (non-hydrogen) atoms. The van der Waals surface area contributed by atoms with Crippen LogP contribution in [0.1, 0.15) is 25.7 Å². The lowest BCUT2D eigenvalue weighted by Crippen LogP contribution is -2.40. The maximum atomic E-state index is 12.9. The second kappa shape index (κ2) is 4.11. The fourth-order valence-electron chi connectivity index (χ4n) is 2.38. The Morgan fingerprint density at radius 3 is 2.50 bits per heavy atom. The van der Waals surface area contributed by atoms with E-state index >= 15 is 0 Å². The third-order valence-electron chi connectivity index (χ3n) is 3.12. The van der Waals surface area contributed by atoms with Crippen LogP contribution in [0.4, 0.5) is 8.78 Å². The van der Waals surface area contributed by atoms with Gasteiger partial charge in [0, 0.05) is 19.0 Å². The topological polar surface area (TPSA) is 15.3 Å². The van der Waals surface area contributed by atoms with Crippen LogP contribution < -0.4 is 5.32 Å². The van der Waals surface area contributed by atoms with Crippen molar-refractivity contribution < 1.29 is 8.78 Å². The Balaban J connectivity index is 1.75. The molecule has 2 saturated heterocycles. The third kappa shape index (κ3) is 2.64. The van der Waals surface area contributed by atoms with E-state index in [0.29, 0.717) is 0 Å². The van der Waals surface area contributed by atoms with Gasteiger partial charge in [-0.2, -0.15) is 0 Å². The number of rotatable bonds is 2. The minimum atomic E-state index is -2.47. The molecular formula is C10H18F2N2. The highest BCUT2D eigenvalue weighted by molar-refractivity contribution is 4.89. The van der Waals surface area contributed by atoms with Crippen LogP contribution in [0.25, 0.3) is 0 Å². The third-order valence-corrected chi connectivity index (χ3v) is 3.12. The monoisotopic (exact) mass is 204 g/mol. The molecule has 2 rings (SSSR count). The van der Waals surface area contributed by atoms with Gasteiger partial charge in [-0.1, -0.05) is 6.42 Å². The lowest BCUT2D eigenvalue weighted by Gasteiger charge is -2.28. The molecule has 0 bridgehead atoms. The Morgan fingerprint density at radius 1 is 1.21 bits per heavy atom. The Kier molecular flexibility index (Phi) is 3.02. The van der Waals surface area contributed by atoms with Gasteiger partial charge in [-0.15, -0.1) is 0 Å². The van der Waals surface area contributed by atoms with Crippen molar-refractivity contribution in [2.24, 2.45) is 0 Å². The molecule has 2 nitrogen and oxygen atoms in total. The molecule has 2 heterocycles. The minimum absolute atomic E-state index is 0.00287. The predicted octanol–water partition coefficient (Wildman–Crippen LogP) is 1.47. The van der Waals surface area contributed by atoms with Crippen LogP contribution in [-0.2, 0) is 0 Å². The van der Waals surface area contributed by atoms with Gasteiger partial charge in [0.05, 0.1) is 6.54 Å². The Hall–Kier alpha value is -0.220. The molecule has 0 aromatic heterocycles. The normalized spacial score (nSPS) is 33.4. The van der Waals surface area contributed by atoms with Crippen LogP contribution in [0.5, 0.6) is 0 Å². The molecule has 2 aliphatic rings. The van der Waals surface area contributed by atoms with Crippen molar-refractivity contribution in [1.82, 2.24) is 10.2 Å². The molecule has 0 amide bonds. The lowest BCUT2D eigenvalue weighted by atomic mass is 10.1. The van der Waals surface area contributed by atoms with Gasteiger partial charge >= 0.3 is 0 Å². The van der Waals surface area contributed by atoms with Gasteiger partial charge in [-0.25, -0.2) is 8.78 Å². The van der Waals surface area contributed by atoms with Gasteiger partial charge in [0.15, 0.2) is 0 Å². The van der Waals surface area contributed by atoms with Crippen molar-refractivity contribution in [2.45, 2.75) is 37.6 Å². The second-order valence-corrected chi connectivity index (χ2v) is 4.50. The summed E-state index contributed by atoms with van der Waals surface area (Å²) in [4.78, 5) is 2.31. The van der Waals surface area contributed by atoms with Gasteiger partial charge in [0.2, 0.25) is 0 Å². The van der Waals surface area contributed by atoms with Gasteiger partial charge in [0.25, 0.3) is 5.92 Å². The van der Waals surface area contributed by atoms with E-state index in [4.69, 9.17) is 0 Å². The molecule has 0 aromatic rings. The van der Waals surface area contributed by atoms with E-state index in [1.165, 1.54) is 19.3 Å². The summed E-state index contributed by atoms with van der Waals surface area (Å²) in [6, 6.07) is 0.00287. The lowest BCUT2D eigenvalue weighted by molar-refractivity contribution is 0.0197. The highest BCUT2D eigenvalue weighted by atomic mass is 19.3. The minimum Gasteiger partial charge on any atom is -0.307 e. The first kappa shape index (κ1) is 10.3. The number of nitrogens with zero attached hydrogens (tertiary/aromatic N) is 1. The second-order valence-electron chi connectivity index (χ2n) is 4.50. The number of halogens is 2. The van der Waals surface area contributed by atoms with E-state index in [9.17, 15) is 8.78 Å². The number of likely N-dealkylation sites (tertiary alicyclic amines) is 1. The molecular weight excluding hydrogens is 186 g/mol. The van der Waals surface area contributed by atoms with Gasteiger partial charge < -0.3 is 10.2 Å². The predicted molar refractivity (Wildman–Crippen MR) is 51.6 cm³/mol. The molecule has 0 aliphatic carbocycles. The maximum Gasteiger partial charge on any atom is 0.261 e. The van der Waals surface area contributed by atoms with Crippen LogP contribution in [0.15, 0.2) is 0 Å². The first-order valence-electron chi connectivity index (χ1n) is 5.49. The first-order valence-corrected chi connectivity index (χ1v) is 5.49. The van der Waals surface area contributed by atoms with E-state index < -0.39 is 5.92 Å². The summed E-state index contributed by atoms with van der Waals surface area (Å²) < 4.78 is 25.7. The highest BCUT2D eigenvalue weighted by Crippen LogP contribution is 2.25. The summed E-state index contributed by atoms with van der Waals surface area (Å²) in [5.41, 5.74) is 0. The van der Waals surface area contributed by atoms with Crippen LogP contribution in [0.2, 0.25) is 0 Å². The number of piperidine rings is 1. The Bertz CT molecular complexity index is 191. The molecule has 0 unspecified atom stereocenters. The molecule has 82 valence electrons. The standard InChI is InChI=1S/C10H18F2N2/c11-10(12)6-9(13-8-10)7-14-4-2-1-3-5-14/h9,13H,1-8H2/t9-/m0/s1. The van der Waals surface area contributed by atoms with E-state index in [-0.39, 0.29) is 19.0 Å². The molecule has 4 heteroatoms. The zero-order chi connectivity index (χ0) is 10.0. The number of alkyl halides is 2. The molecule has 0 aromatic carbocycles. The summed E-state index contributed by atoms with van der Waals surface area (Å²) in [6.45, 7) is 2.84. The van der Waals surface area contributed by atoms with Crippen molar-refractivity contribution in [3.05, 3.63) is 0 Å². The average Bonchev–Trinajstić information content (AvgIpc) is 2.47.